The van der Waals surface area contributed by atoms with Gasteiger partial charge < -0.3 is 9.88 Å². The van der Waals surface area contributed by atoms with Gasteiger partial charge in [-0.25, -0.2) is 4.39 Å². The molecule has 4 nitrogen and oxygen atoms in total. The smallest absolute Gasteiger partial charge is 0.273 e. The summed E-state index contributed by atoms with van der Waals surface area (Å²) in [5, 5.41) is 4.23. The third-order valence-electron chi connectivity index (χ3n) is 6.70. The lowest BCUT2D eigenvalue weighted by atomic mass is 9.97. The Morgan fingerprint density at radius 2 is 1.64 bits per heavy atom. The standard InChI is InChI=1S/C29H22Cl2FN3O/c30-20-11-7-18(8-12-20)25-17-35-27(28(36)33-23-5-3-4-21(31)16-23)26(19-9-13-22(32)14-10-19)24-6-1-2-15-34(25)29(24)35/h3-5,7-14,16-17H,1-2,6,15H2,(H,33,36). The van der Waals surface area contributed by atoms with E-state index in [1.54, 1.807) is 36.4 Å². The number of amides is 1. The second kappa shape index (κ2) is 9.16. The van der Waals surface area contributed by atoms with Crippen LogP contribution in [0, 0.1) is 5.82 Å². The summed E-state index contributed by atoms with van der Waals surface area (Å²) in [6.45, 7) is 0.837. The van der Waals surface area contributed by atoms with Gasteiger partial charge >= 0.3 is 0 Å². The van der Waals surface area contributed by atoms with Gasteiger partial charge in [-0.2, -0.15) is 0 Å². The molecule has 0 saturated heterocycles. The third-order valence-corrected chi connectivity index (χ3v) is 7.19. The van der Waals surface area contributed by atoms with Crippen LogP contribution in [-0.2, 0) is 13.0 Å². The van der Waals surface area contributed by atoms with Crippen molar-refractivity contribution in [2.75, 3.05) is 5.32 Å². The molecule has 7 heteroatoms. The van der Waals surface area contributed by atoms with Crippen molar-refractivity contribution < 1.29 is 9.18 Å². The average Bonchev–Trinajstić information content (AvgIpc) is 3.28. The number of aromatic nitrogens is 2. The summed E-state index contributed by atoms with van der Waals surface area (Å²) in [5.41, 5.74) is 6.91. The Balaban J connectivity index is 1.61. The number of halogens is 3. The lowest BCUT2D eigenvalue weighted by Crippen LogP contribution is -2.15. The van der Waals surface area contributed by atoms with E-state index in [0.717, 1.165) is 59.4 Å². The van der Waals surface area contributed by atoms with Crippen LogP contribution in [0.3, 0.4) is 0 Å². The van der Waals surface area contributed by atoms with Crippen LogP contribution < -0.4 is 5.32 Å². The molecule has 0 radical (unpaired) electrons. The number of carbonyl (C=O) groups is 1. The van der Waals surface area contributed by atoms with Crippen molar-refractivity contribution >= 4 is 40.4 Å². The Labute approximate surface area is 217 Å². The molecule has 0 unspecified atom stereocenters. The summed E-state index contributed by atoms with van der Waals surface area (Å²) in [6.07, 6.45) is 4.86. The molecule has 0 atom stereocenters. The molecule has 3 heterocycles. The lowest BCUT2D eigenvalue weighted by molar-refractivity contribution is 0.102. The molecule has 0 saturated carbocycles. The normalized spacial score (nSPS) is 13.1. The number of rotatable bonds is 4. The number of anilines is 1. The number of hydrogen-bond donors (Lipinski definition) is 1. The predicted molar refractivity (Wildman–Crippen MR) is 144 cm³/mol. The first kappa shape index (κ1) is 22.9. The average molecular weight is 518 g/mol. The summed E-state index contributed by atoms with van der Waals surface area (Å²) in [6, 6.07) is 21.2. The minimum absolute atomic E-state index is 0.252. The molecule has 36 heavy (non-hydrogen) atoms. The minimum Gasteiger partial charge on any atom is -0.325 e. The van der Waals surface area contributed by atoms with Gasteiger partial charge in [-0.1, -0.05) is 53.5 Å². The summed E-state index contributed by atoms with van der Waals surface area (Å²) in [4.78, 5) is 13.9. The molecule has 180 valence electrons. The first-order valence-electron chi connectivity index (χ1n) is 11.8. The van der Waals surface area contributed by atoms with Crippen LogP contribution in [0.1, 0.15) is 28.9 Å². The van der Waals surface area contributed by atoms with Gasteiger partial charge in [-0.05, 0) is 72.9 Å². The Bertz CT molecular complexity index is 1600. The topological polar surface area (TPSA) is 38.4 Å². The lowest BCUT2D eigenvalue weighted by Gasteiger charge is -2.10. The number of hydrogen-bond acceptors (Lipinski definition) is 1. The highest BCUT2D eigenvalue weighted by atomic mass is 35.5. The van der Waals surface area contributed by atoms with E-state index in [0.29, 0.717) is 21.4 Å². The largest absolute Gasteiger partial charge is 0.325 e. The number of carbonyl (C=O) groups excluding carboxylic acids is 1. The van der Waals surface area contributed by atoms with Gasteiger partial charge in [0, 0.05) is 39.6 Å². The highest BCUT2D eigenvalue weighted by molar-refractivity contribution is 6.31. The molecule has 1 amide bonds. The van der Waals surface area contributed by atoms with Crippen molar-refractivity contribution in [2.45, 2.75) is 25.8 Å². The molecule has 3 aromatic carbocycles. The van der Waals surface area contributed by atoms with Crippen LogP contribution in [0.15, 0.2) is 79.0 Å². The Morgan fingerprint density at radius 3 is 2.39 bits per heavy atom. The van der Waals surface area contributed by atoms with Crippen molar-refractivity contribution in [3.63, 3.8) is 0 Å². The maximum Gasteiger partial charge on any atom is 0.273 e. The maximum absolute atomic E-state index is 13.9. The molecule has 1 aliphatic rings. The van der Waals surface area contributed by atoms with Crippen molar-refractivity contribution in [1.82, 2.24) is 8.97 Å². The van der Waals surface area contributed by atoms with Crippen molar-refractivity contribution in [1.29, 1.82) is 0 Å². The van der Waals surface area contributed by atoms with Crippen molar-refractivity contribution in [3.8, 4) is 22.4 Å². The van der Waals surface area contributed by atoms with E-state index >= 15 is 0 Å². The molecule has 0 bridgehead atoms. The molecule has 0 fully saturated rings. The van der Waals surface area contributed by atoms with E-state index in [1.165, 1.54) is 12.1 Å². The quantitative estimate of drug-likeness (QED) is 0.257. The number of aryl methyl sites for hydroxylation is 2. The summed E-state index contributed by atoms with van der Waals surface area (Å²) in [7, 11) is 0. The van der Waals surface area contributed by atoms with Crippen molar-refractivity contribution in [3.05, 3.63) is 106 Å². The first-order chi connectivity index (χ1) is 17.5. The molecule has 6 rings (SSSR count). The summed E-state index contributed by atoms with van der Waals surface area (Å²) >= 11 is 12.3. The molecule has 5 aromatic rings. The zero-order valence-electron chi connectivity index (χ0n) is 19.3. The van der Waals surface area contributed by atoms with Crippen LogP contribution in [0.4, 0.5) is 10.1 Å². The number of nitrogens with one attached hydrogen (secondary N) is 1. The second-order valence-electron chi connectivity index (χ2n) is 9.00. The minimum atomic E-state index is -0.312. The van der Waals surface area contributed by atoms with Crippen LogP contribution in [0.2, 0.25) is 10.0 Å². The number of benzene rings is 3. The fraction of sp³-hybridized carbons (Fsp3) is 0.138. The van der Waals surface area contributed by atoms with E-state index in [2.05, 4.69) is 9.88 Å². The predicted octanol–water partition coefficient (Wildman–Crippen LogP) is 8.11. The highest BCUT2D eigenvalue weighted by Gasteiger charge is 2.29. The SMILES string of the molecule is O=C(Nc1cccc(Cl)c1)c1c(-c2ccc(F)cc2)c2c3n(c(-c4ccc(Cl)cc4)cn13)CCCC2. The fourth-order valence-corrected chi connectivity index (χ4v) is 5.46. The Hall–Kier alpha value is -3.54. The zero-order chi connectivity index (χ0) is 24.8. The van der Waals surface area contributed by atoms with Crippen LogP contribution >= 0.6 is 23.2 Å². The Kier molecular flexibility index (Phi) is 5.82. The second-order valence-corrected chi connectivity index (χ2v) is 9.87. The molecule has 1 N–H and O–H groups in total. The molecule has 1 aliphatic heterocycles. The maximum atomic E-state index is 13.9. The third kappa shape index (κ3) is 3.98. The molecular formula is C29H22Cl2FN3O. The van der Waals surface area contributed by atoms with Gasteiger partial charge in [0.25, 0.3) is 5.91 Å². The number of imidazole rings is 1. The first-order valence-corrected chi connectivity index (χ1v) is 12.6. The molecule has 0 spiro atoms. The van der Waals surface area contributed by atoms with Crippen LogP contribution in [-0.4, -0.2) is 14.9 Å². The van der Waals surface area contributed by atoms with Gasteiger partial charge in [0.15, 0.2) is 0 Å². The molecule has 2 aromatic heterocycles. The highest BCUT2D eigenvalue weighted by Crippen LogP contribution is 2.40. The Morgan fingerprint density at radius 1 is 0.889 bits per heavy atom. The van der Waals surface area contributed by atoms with Gasteiger partial charge in [-0.3, -0.25) is 9.20 Å². The van der Waals surface area contributed by atoms with Gasteiger partial charge in [0.05, 0.1) is 5.69 Å². The van der Waals surface area contributed by atoms with Gasteiger partial charge in [0.1, 0.15) is 17.2 Å². The number of nitrogens with zero attached hydrogens (tertiary/aromatic N) is 2. The van der Waals surface area contributed by atoms with E-state index in [4.69, 9.17) is 23.2 Å². The van der Waals surface area contributed by atoms with E-state index < -0.39 is 0 Å². The zero-order valence-corrected chi connectivity index (χ0v) is 20.8. The monoisotopic (exact) mass is 517 g/mol. The van der Waals surface area contributed by atoms with E-state index in [9.17, 15) is 9.18 Å². The molecule has 0 aliphatic carbocycles. The van der Waals surface area contributed by atoms with E-state index in [-0.39, 0.29) is 11.7 Å². The van der Waals surface area contributed by atoms with Gasteiger partial charge in [0.2, 0.25) is 0 Å². The van der Waals surface area contributed by atoms with Crippen molar-refractivity contribution in [2.24, 2.45) is 0 Å². The van der Waals surface area contributed by atoms with Crippen LogP contribution in [0.5, 0.6) is 0 Å². The summed E-state index contributed by atoms with van der Waals surface area (Å²) < 4.78 is 18.1. The van der Waals surface area contributed by atoms with Gasteiger partial charge in [-0.15, -0.1) is 0 Å². The fourth-order valence-electron chi connectivity index (χ4n) is 5.14. The summed E-state index contributed by atoms with van der Waals surface area (Å²) in [5.74, 6) is -0.564. The molecular weight excluding hydrogens is 496 g/mol. The van der Waals surface area contributed by atoms with Crippen LogP contribution in [0.25, 0.3) is 28.0 Å². The van der Waals surface area contributed by atoms with E-state index in [1.807, 2.05) is 34.9 Å².